The summed E-state index contributed by atoms with van der Waals surface area (Å²) >= 11 is 0. The number of aliphatic imine (C=N–C) groups is 1. The Bertz CT molecular complexity index is 927. The Morgan fingerprint density at radius 3 is 2.72 bits per heavy atom. The van der Waals surface area contributed by atoms with E-state index in [1.807, 2.05) is 44.6 Å². The summed E-state index contributed by atoms with van der Waals surface area (Å²) in [6, 6.07) is 10.3. The Morgan fingerprint density at radius 2 is 2.03 bits per heavy atom. The smallest absolute Gasteiger partial charge is 0.191 e. The molecule has 0 fully saturated rings. The predicted molar refractivity (Wildman–Crippen MR) is 113 cm³/mol. The Balaban J connectivity index is 1.65. The van der Waals surface area contributed by atoms with E-state index < -0.39 is 5.60 Å². The summed E-state index contributed by atoms with van der Waals surface area (Å²) in [6.45, 7) is 5.98. The van der Waals surface area contributed by atoms with Crippen molar-refractivity contribution >= 4 is 5.96 Å². The van der Waals surface area contributed by atoms with Gasteiger partial charge in [0.15, 0.2) is 5.96 Å². The quantitative estimate of drug-likeness (QED) is 0.398. The summed E-state index contributed by atoms with van der Waals surface area (Å²) in [5.41, 5.74) is 0.908. The maximum absolute atomic E-state index is 10.8. The van der Waals surface area contributed by atoms with Crippen molar-refractivity contribution in [3.8, 4) is 0 Å². The van der Waals surface area contributed by atoms with E-state index in [1.165, 1.54) is 5.56 Å². The molecule has 1 aromatic carbocycles. The van der Waals surface area contributed by atoms with Crippen LogP contribution in [-0.4, -0.2) is 43.5 Å². The molecule has 29 heavy (non-hydrogen) atoms. The highest BCUT2D eigenvalue weighted by molar-refractivity contribution is 5.79. The van der Waals surface area contributed by atoms with Crippen molar-refractivity contribution < 1.29 is 5.11 Å². The molecule has 0 amide bonds. The lowest BCUT2D eigenvalue weighted by Gasteiger charge is -2.23. The number of aliphatic hydroxyl groups is 1. The molecule has 8 heteroatoms. The molecule has 154 valence electrons. The normalized spacial score (nSPS) is 13.9. The van der Waals surface area contributed by atoms with Gasteiger partial charge in [-0.2, -0.15) is 5.10 Å². The first-order chi connectivity index (χ1) is 14.0. The third-order valence-electron chi connectivity index (χ3n) is 4.65. The zero-order chi connectivity index (χ0) is 20.7. The molecule has 0 saturated heterocycles. The van der Waals surface area contributed by atoms with Crippen LogP contribution >= 0.6 is 0 Å². The van der Waals surface area contributed by atoms with Gasteiger partial charge < -0.3 is 20.3 Å². The lowest BCUT2D eigenvalue weighted by molar-refractivity contribution is 0.0616. The number of benzene rings is 1. The average Bonchev–Trinajstić information content (AvgIpc) is 3.34. The maximum Gasteiger partial charge on any atom is 0.191 e. The van der Waals surface area contributed by atoms with Gasteiger partial charge in [0.25, 0.3) is 0 Å². The number of nitrogens with one attached hydrogen (secondary N) is 2. The van der Waals surface area contributed by atoms with Crippen molar-refractivity contribution in [2.45, 2.75) is 32.5 Å². The van der Waals surface area contributed by atoms with Crippen molar-refractivity contribution in [1.82, 2.24) is 30.0 Å². The van der Waals surface area contributed by atoms with Crippen molar-refractivity contribution in [1.29, 1.82) is 0 Å². The van der Waals surface area contributed by atoms with Crippen LogP contribution in [0.25, 0.3) is 0 Å². The van der Waals surface area contributed by atoms with Crippen LogP contribution in [0.5, 0.6) is 0 Å². The van der Waals surface area contributed by atoms with E-state index in [9.17, 15) is 5.11 Å². The first kappa shape index (κ1) is 20.6. The van der Waals surface area contributed by atoms with Crippen molar-refractivity contribution in [2.75, 3.05) is 13.1 Å². The summed E-state index contributed by atoms with van der Waals surface area (Å²) in [7, 11) is 1.83. The third kappa shape index (κ3) is 5.68. The molecule has 0 aliphatic rings. The fraction of sp³-hybridized carbons (Fsp3) is 0.381. The average molecular weight is 396 g/mol. The number of hydrogen-bond acceptors (Lipinski definition) is 4. The molecule has 3 rings (SSSR count). The molecule has 8 nitrogen and oxygen atoms in total. The van der Waals surface area contributed by atoms with Gasteiger partial charge in [0.2, 0.25) is 0 Å². The number of imidazole rings is 1. The molecule has 0 radical (unpaired) electrons. The summed E-state index contributed by atoms with van der Waals surface area (Å²) < 4.78 is 3.77. The number of rotatable bonds is 8. The van der Waals surface area contributed by atoms with Crippen LogP contribution in [0.1, 0.15) is 30.8 Å². The predicted octanol–water partition coefficient (Wildman–Crippen LogP) is 1.63. The molecule has 3 N–H and O–H groups in total. The summed E-state index contributed by atoms with van der Waals surface area (Å²) in [6.07, 6.45) is 7.24. The van der Waals surface area contributed by atoms with Crippen LogP contribution < -0.4 is 10.6 Å². The van der Waals surface area contributed by atoms with Gasteiger partial charge in [-0.15, -0.1) is 0 Å². The molecule has 0 saturated carbocycles. The minimum atomic E-state index is -1.06. The Morgan fingerprint density at radius 1 is 1.24 bits per heavy atom. The zero-order valence-electron chi connectivity index (χ0n) is 17.2. The minimum Gasteiger partial charge on any atom is -0.383 e. The van der Waals surface area contributed by atoms with E-state index in [0.717, 1.165) is 24.5 Å². The molecule has 1 unspecified atom stereocenters. The van der Waals surface area contributed by atoms with Crippen molar-refractivity contribution in [2.24, 2.45) is 12.0 Å². The van der Waals surface area contributed by atoms with Crippen LogP contribution in [0, 0.1) is 0 Å². The van der Waals surface area contributed by atoms with Crippen molar-refractivity contribution in [3.05, 3.63) is 72.1 Å². The van der Waals surface area contributed by atoms with Gasteiger partial charge in [-0.05, 0) is 19.4 Å². The SMILES string of the molecule is CCNC(=NCc1nccn1Cc1ccccc1)NCC(C)(O)c1cnn(C)c1. The molecule has 1 atom stereocenters. The number of guanidine groups is 1. The van der Waals surface area contributed by atoms with Gasteiger partial charge in [-0.1, -0.05) is 30.3 Å². The molecular weight excluding hydrogens is 366 g/mol. The minimum absolute atomic E-state index is 0.309. The standard InChI is InChI=1S/C21H29N7O/c1-4-22-20(25-16-21(2,29)18-12-26-27(3)15-18)24-13-19-23-10-11-28(19)14-17-8-6-5-7-9-17/h5-12,15,29H,4,13-14,16H2,1-3H3,(H2,22,24,25). The van der Waals surface area contributed by atoms with Crippen LogP contribution in [0.3, 0.4) is 0 Å². The second-order valence-corrected chi connectivity index (χ2v) is 7.18. The highest BCUT2D eigenvalue weighted by Gasteiger charge is 2.25. The molecule has 2 heterocycles. The van der Waals surface area contributed by atoms with Gasteiger partial charge in [0.05, 0.1) is 12.7 Å². The monoisotopic (exact) mass is 395 g/mol. The second-order valence-electron chi connectivity index (χ2n) is 7.18. The van der Waals surface area contributed by atoms with Gasteiger partial charge in [0.1, 0.15) is 18.0 Å². The Labute approximate surface area is 171 Å². The lowest BCUT2D eigenvalue weighted by Crippen LogP contribution is -2.44. The number of aryl methyl sites for hydroxylation is 1. The van der Waals surface area contributed by atoms with Gasteiger partial charge in [-0.3, -0.25) is 4.68 Å². The topological polar surface area (TPSA) is 92.3 Å². The molecule has 3 aromatic rings. The van der Waals surface area contributed by atoms with Crippen LogP contribution in [0.4, 0.5) is 0 Å². The van der Waals surface area contributed by atoms with Crippen LogP contribution in [0.15, 0.2) is 60.1 Å². The first-order valence-corrected chi connectivity index (χ1v) is 9.75. The summed E-state index contributed by atoms with van der Waals surface area (Å²) in [4.78, 5) is 9.08. The van der Waals surface area contributed by atoms with E-state index in [4.69, 9.17) is 0 Å². The molecule has 0 aliphatic heterocycles. The van der Waals surface area contributed by atoms with Gasteiger partial charge >= 0.3 is 0 Å². The highest BCUT2D eigenvalue weighted by Crippen LogP contribution is 2.18. The second kappa shape index (κ2) is 9.38. The van der Waals surface area contributed by atoms with Crippen LogP contribution in [-0.2, 0) is 25.7 Å². The van der Waals surface area contributed by atoms with Crippen LogP contribution in [0.2, 0.25) is 0 Å². The summed E-state index contributed by atoms with van der Waals surface area (Å²) in [5.74, 6) is 1.51. The highest BCUT2D eigenvalue weighted by atomic mass is 16.3. The molecule has 2 aromatic heterocycles. The maximum atomic E-state index is 10.8. The summed E-state index contributed by atoms with van der Waals surface area (Å²) in [5, 5.41) is 21.3. The van der Waals surface area contributed by atoms with E-state index in [2.05, 4.69) is 42.4 Å². The third-order valence-corrected chi connectivity index (χ3v) is 4.65. The Hall–Kier alpha value is -3.13. The van der Waals surface area contributed by atoms with E-state index in [0.29, 0.717) is 19.0 Å². The van der Waals surface area contributed by atoms with Gasteiger partial charge in [-0.25, -0.2) is 9.98 Å². The van der Waals surface area contributed by atoms with E-state index in [-0.39, 0.29) is 0 Å². The number of aromatic nitrogens is 4. The van der Waals surface area contributed by atoms with E-state index >= 15 is 0 Å². The number of nitrogens with zero attached hydrogens (tertiary/aromatic N) is 5. The molecule has 0 aliphatic carbocycles. The zero-order valence-corrected chi connectivity index (χ0v) is 17.2. The van der Waals surface area contributed by atoms with Gasteiger partial charge in [0, 0.05) is 44.3 Å². The lowest BCUT2D eigenvalue weighted by atomic mass is 10.00. The van der Waals surface area contributed by atoms with Crippen molar-refractivity contribution in [3.63, 3.8) is 0 Å². The van der Waals surface area contributed by atoms with E-state index in [1.54, 1.807) is 24.0 Å². The Kier molecular flexibility index (Phi) is 6.66. The molecule has 0 spiro atoms. The first-order valence-electron chi connectivity index (χ1n) is 9.75. The molecular formula is C21H29N7O. The fourth-order valence-electron chi connectivity index (χ4n) is 2.96. The fourth-order valence-corrected chi connectivity index (χ4v) is 2.96. The largest absolute Gasteiger partial charge is 0.383 e. The number of hydrogen-bond donors (Lipinski definition) is 3. The molecule has 0 bridgehead atoms.